The molecular weight excluding hydrogens is 498 g/mol. The van der Waals surface area contributed by atoms with Gasteiger partial charge in [-0.05, 0) is 97.7 Å². The molecule has 5 nitrogen and oxygen atoms in total. The molecule has 0 aliphatic carbocycles. The summed E-state index contributed by atoms with van der Waals surface area (Å²) in [6.45, 7) is 12.4. The molecule has 1 saturated heterocycles. The Hall–Kier alpha value is -1.09. The molecule has 1 fully saturated rings. The van der Waals surface area contributed by atoms with Crippen molar-refractivity contribution in [1.29, 1.82) is 0 Å². The molecule has 2 radical (unpaired) electrons. The number of nitrogens with zero attached hydrogens (tertiary/aromatic N) is 4. The van der Waals surface area contributed by atoms with Crippen LogP contribution in [0.4, 0.5) is 0 Å². The predicted octanol–water partition coefficient (Wildman–Crippen LogP) is 4.81. The second-order valence-electron chi connectivity index (χ2n) is 9.84. The molecule has 1 amide bonds. The van der Waals surface area contributed by atoms with Gasteiger partial charge in [-0.1, -0.05) is 27.7 Å². The summed E-state index contributed by atoms with van der Waals surface area (Å²) in [5.41, 5.74) is 2.80. The maximum atomic E-state index is 13.4. The number of imidazole rings is 1. The number of aromatic nitrogens is 2. The fourth-order valence-corrected chi connectivity index (χ4v) is 4.80. The number of pyridine rings is 1. The van der Waals surface area contributed by atoms with E-state index < -0.39 is 0 Å². The molecular formula is C24H36BIN4O. The number of amides is 1. The molecule has 2 aromatic heterocycles. The Balaban J connectivity index is 1.77. The van der Waals surface area contributed by atoms with Gasteiger partial charge in [-0.2, -0.15) is 0 Å². The van der Waals surface area contributed by atoms with Gasteiger partial charge in [-0.3, -0.25) is 9.20 Å². The first-order valence-electron chi connectivity index (χ1n) is 11.7. The van der Waals surface area contributed by atoms with Crippen molar-refractivity contribution in [2.75, 3.05) is 26.2 Å². The van der Waals surface area contributed by atoms with Crippen LogP contribution in [0.5, 0.6) is 0 Å². The number of carbonyl (C=O) groups is 1. The first-order valence-corrected chi connectivity index (χ1v) is 12.8. The van der Waals surface area contributed by atoms with Crippen LogP contribution < -0.4 is 0 Å². The molecule has 3 heterocycles. The Kier molecular flexibility index (Phi) is 8.85. The Morgan fingerprint density at radius 1 is 1.16 bits per heavy atom. The van der Waals surface area contributed by atoms with Crippen LogP contribution in [-0.2, 0) is 6.42 Å². The molecule has 0 N–H and O–H groups in total. The molecule has 0 spiro atoms. The van der Waals surface area contributed by atoms with Crippen LogP contribution in [0.2, 0.25) is 0 Å². The van der Waals surface area contributed by atoms with E-state index in [1.54, 1.807) is 0 Å². The van der Waals surface area contributed by atoms with Crippen LogP contribution in [0.3, 0.4) is 0 Å². The Morgan fingerprint density at radius 2 is 1.77 bits per heavy atom. The van der Waals surface area contributed by atoms with Crippen LogP contribution in [-0.4, -0.2) is 59.2 Å². The highest BCUT2D eigenvalue weighted by atomic mass is 127. The lowest BCUT2D eigenvalue weighted by Crippen LogP contribution is -2.34. The molecule has 31 heavy (non-hydrogen) atoms. The fraction of sp³-hybridized carbons (Fsp3) is 0.667. The molecule has 0 unspecified atom stereocenters. The van der Waals surface area contributed by atoms with E-state index in [0.29, 0.717) is 17.8 Å². The van der Waals surface area contributed by atoms with E-state index >= 15 is 0 Å². The summed E-state index contributed by atoms with van der Waals surface area (Å²) >= 11 is 2.38. The van der Waals surface area contributed by atoms with Gasteiger partial charge in [0.25, 0.3) is 5.91 Å². The van der Waals surface area contributed by atoms with Crippen molar-refractivity contribution in [3.63, 3.8) is 0 Å². The minimum absolute atomic E-state index is 0.129. The van der Waals surface area contributed by atoms with Gasteiger partial charge < -0.3 is 9.71 Å². The highest BCUT2D eigenvalue weighted by molar-refractivity contribution is 14.1. The van der Waals surface area contributed by atoms with Gasteiger partial charge >= 0.3 is 0 Å². The van der Waals surface area contributed by atoms with Gasteiger partial charge in [-0.15, -0.1) is 0 Å². The molecule has 0 atom stereocenters. The molecule has 7 heteroatoms. The number of piperidine rings is 1. The standard InChI is InChI=1S/C24H36BIN4O/c1-17(2)7-11-28(12-8-18(3)4)24(31)20-5-6-22-27-21(23(26)30(22)16-20)15-19-9-13-29(25)14-10-19/h5-6,16-19H,7-15H2,1-4H3. The first-order chi connectivity index (χ1) is 14.7. The lowest BCUT2D eigenvalue weighted by Gasteiger charge is -2.29. The average molecular weight is 534 g/mol. The molecule has 0 aromatic carbocycles. The number of hydrogen-bond acceptors (Lipinski definition) is 3. The molecule has 3 rings (SSSR count). The molecule has 0 saturated carbocycles. The van der Waals surface area contributed by atoms with Crippen LogP contribution in [0.25, 0.3) is 5.65 Å². The summed E-state index contributed by atoms with van der Waals surface area (Å²) in [5.74, 6) is 1.92. The fourth-order valence-electron chi connectivity index (χ4n) is 4.08. The predicted molar refractivity (Wildman–Crippen MR) is 136 cm³/mol. The van der Waals surface area contributed by atoms with Crippen molar-refractivity contribution in [3.05, 3.63) is 33.3 Å². The second kappa shape index (κ2) is 11.2. The van der Waals surface area contributed by atoms with Crippen LogP contribution in [0, 0.1) is 21.5 Å². The van der Waals surface area contributed by atoms with E-state index in [4.69, 9.17) is 13.0 Å². The van der Waals surface area contributed by atoms with E-state index in [1.165, 1.54) is 0 Å². The Labute approximate surface area is 202 Å². The summed E-state index contributed by atoms with van der Waals surface area (Å²) in [4.78, 5) is 22.2. The van der Waals surface area contributed by atoms with Crippen molar-refractivity contribution < 1.29 is 4.79 Å². The monoisotopic (exact) mass is 534 g/mol. The van der Waals surface area contributed by atoms with Crippen molar-refractivity contribution >= 4 is 42.1 Å². The minimum atomic E-state index is 0.129. The lowest BCUT2D eigenvalue weighted by molar-refractivity contribution is 0.0740. The Morgan fingerprint density at radius 3 is 2.35 bits per heavy atom. The summed E-state index contributed by atoms with van der Waals surface area (Å²) in [6.07, 6.45) is 7.25. The SMILES string of the molecule is [B]N1CCC(Cc2nc3ccc(C(=O)N(CCC(C)C)CCC(C)C)cn3c2I)CC1. The third-order valence-corrected chi connectivity index (χ3v) is 7.39. The summed E-state index contributed by atoms with van der Waals surface area (Å²) in [6, 6.07) is 3.93. The molecule has 1 aliphatic rings. The van der Waals surface area contributed by atoms with Gasteiger partial charge in [0, 0.05) is 19.3 Å². The number of halogens is 1. The molecule has 0 bridgehead atoms. The number of rotatable bonds is 9. The first kappa shape index (κ1) is 24.6. The van der Waals surface area contributed by atoms with Crippen molar-refractivity contribution in [1.82, 2.24) is 19.1 Å². The summed E-state index contributed by atoms with van der Waals surface area (Å²) in [7, 11) is 5.90. The average Bonchev–Trinajstić information content (AvgIpc) is 3.04. The maximum Gasteiger partial charge on any atom is 0.255 e. The van der Waals surface area contributed by atoms with E-state index in [-0.39, 0.29) is 5.91 Å². The normalized spacial score (nSPS) is 16.0. The topological polar surface area (TPSA) is 40.9 Å². The third-order valence-electron chi connectivity index (χ3n) is 6.24. The van der Waals surface area contributed by atoms with E-state index in [9.17, 15) is 4.79 Å². The van der Waals surface area contributed by atoms with Crippen LogP contribution >= 0.6 is 22.6 Å². The summed E-state index contributed by atoms with van der Waals surface area (Å²) < 4.78 is 3.21. The number of hydrogen-bond donors (Lipinski definition) is 0. The molecule has 2 aromatic rings. The zero-order valence-electron chi connectivity index (χ0n) is 19.5. The second-order valence-corrected chi connectivity index (χ2v) is 10.9. The number of fused-ring (bicyclic) bond motifs is 1. The van der Waals surface area contributed by atoms with E-state index in [0.717, 1.165) is 78.9 Å². The van der Waals surface area contributed by atoms with Crippen molar-refractivity contribution in [3.8, 4) is 0 Å². The van der Waals surface area contributed by atoms with Gasteiger partial charge in [0.2, 0.25) is 0 Å². The van der Waals surface area contributed by atoms with E-state index in [1.807, 2.05) is 28.0 Å². The minimum Gasteiger partial charge on any atom is -0.353 e. The molecule has 1 aliphatic heterocycles. The summed E-state index contributed by atoms with van der Waals surface area (Å²) in [5, 5.41) is 0. The Bertz CT molecular complexity index is 862. The molecule has 168 valence electrons. The van der Waals surface area contributed by atoms with Gasteiger partial charge in [0.1, 0.15) is 9.35 Å². The zero-order valence-corrected chi connectivity index (χ0v) is 21.6. The smallest absolute Gasteiger partial charge is 0.255 e. The zero-order chi connectivity index (χ0) is 22.5. The maximum absolute atomic E-state index is 13.4. The lowest BCUT2D eigenvalue weighted by atomic mass is 9.91. The van der Waals surface area contributed by atoms with Gasteiger partial charge in [0.05, 0.1) is 11.3 Å². The van der Waals surface area contributed by atoms with Gasteiger partial charge in [-0.25, -0.2) is 4.98 Å². The van der Waals surface area contributed by atoms with Crippen molar-refractivity contribution in [2.24, 2.45) is 17.8 Å². The highest BCUT2D eigenvalue weighted by Crippen LogP contribution is 2.25. The van der Waals surface area contributed by atoms with Crippen molar-refractivity contribution in [2.45, 2.75) is 59.8 Å². The van der Waals surface area contributed by atoms with Crippen LogP contribution in [0.15, 0.2) is 18.3 Å². The van der Waals surface area contributed by atoms with Gasteiger partial charge in [0.15, 0.2) is 7.98 Å². The largest absolute Gasteiger partial charge is 0.353 e. The third kappa shape index (κ3) is 6.70. The quantitative estimate of drug-likeness (QED) is 0.343. The number of carbonyl (C=O) groups excluding carboxylic acids is 1. The van der Waals surface area contributed by atoms with Crippen LogP contribution in [0.1, 0.15) is 69.4 Å². The highest BCUT2D eigenvalue weighted by Gasteiger charge is 2.22. The van der Waals surface area contributed by atoms with E-state index in [2.05, 4.69) is 54.7 Å².